The molecule has 6 heteroatoms. The average Bonchev–Trinajstić information content (AvgIpc) is 2.98. The molecule has 0 radical (unpaired) electrons. The fraction of sp³-hybridized carbons (Fsp3) is 0.400. The van der Waals surface area contributed by atoms with Crippen LogP contribution in [0.15, 0.2) is 24.3 Å². The number of esters is 1. The van der Waals surface area contributed by atoms with Crippen molar-refractivity contribution in [2.75, 3.05) is 13.2 Å². The van der Waals surface area contributed by atoms with Crippen molar-refractivity contribution in [2.45, 2.75) is 26.7 Å². The number of aromatic nitrogens is 3. The summed E-state index contributed by atoms with van der Waals surface area (Å²) >= 11 is 0. The van der Waals surface area contributed by atoms with E-state index in [1.54, 1.807) is 6.92 Å². The Labute approximate surface area is 123 Å². The molecule has 0 spiro atoms. The van der Waals surface area contributed by atoms with Gasteiger partial charge in [-0.25, -0.2) is 4.79 Å². The number of carbonyl (C=O) groups is 1. The minimum absolute atomic E-state index is 0.170. The Morgan fingerprint density at radius 1 is 1.24 bits per heavy atom. The highest BCUT2D eigenvalue weighted by atomic mass is 16.5. The van der Waals surface area contributed by atoms with Crippen molar-refractivity contribution < 1.29 is 14.3 Å². The molecule has 1 aromatic heterocycles. The Bertz CT molecular complexity index is 595. The zero-order valence-electron chi connectivity index (χ0n) is 12.3. The Morgan fingerprint density at radius 2 is 2.05 bits per heavy atom. The van der Waals surface area contributed by atoms with Gasteiger partial charge in [0.2, 0.25) is 0 Å². The molecule has 0 bridgehead atoms. The minimum Gasteiger partial charge on any atom is -0.493 e. The molecule has 0 aliphatic heterocycles. The van der Waals surface area contributed by atoms with Gasteiger partial charge >= 0.3 is 5.97 Å². The lowest BCUT2D eigenvalue weighted by molar-refractivity contribution is 0.0520. The topological polar surface area (TPSA) is 77.1 Å². The summed E-state index contributed by atoms with van der Waals surface area (Å²) in [6.07, 6.45) is 2.03. The first-order chi connectivity index (χ1) is 10.3. The van der Waals surface area contributed by atoms with E-state index < -0.39 is 5.97 Å². The van der Waals surface area contributed by atoms with Gasteiger partial charge in [-0.05, 0) is 25.5 Å². The largest absolute Gasteiger partial charge is 0.493 e. The number of nitrogens with one attached hydrogen (secondary N) is 1. The molecule has 0 amide bonds. The first-order valence-corrected chi connectivity index (χ1v) is 7.08. The maximum atomic E-state index is 11.9. The lowest BCUT2D eigenvalue weighted by atomic mass is 10.1. The Kier molecular flexibility index (Phi) is 5.31. The van der Waals surface area contributed by atoms with E-state index in [-0.39, 0.29) is 5.69 Å². The molecule has 0 saturated carbocycles. The van der Waals surface area contributed by atoms with Gasteiger partial charge < -0.3 is 9.47 Å². The highest BCUT2D eigenvalue weighted by molar-refractivity contribution is 5.94. The van der Waals surface area contributed by atoms with Gasteiger partial charge in [0.25, 0.3) is 0 Å². The van der Waals surface area contributed by atoms with Crippen molar-refractivity contribution in [2.24, 2.45) is 0 Å². The summed E-state index contributed by atoms with van der Waals surface area (Å²) in [4.78, 5) is 11.9. The predicted molar refractivity (Wildman–Crippen MR) is 78.2 cm³/mol. The van der Waals surface area contributed by atoms with Crippen LogP contribution >= 0.6 is 0 Å². The van der Waals surface area contributed by atoms with Crippen LogP contribution in [0.25, 0.3) is 11.3 Å². The number of unbranched alkanes of at least 4 members (excludes halogenated alkanes) is 1. The second-order valence-corrected chi connectivity index (χ2v) is 4.44. The van der Waals surface area contributed by atoms with Gasteiger partial charge in [0.15, 0.2) is 5.69 Å². The summed E-state index contributed by atoms with van der Waals surface area (Å²) in [7, 11) is 0. The molecule has 0 fully saturated rings. The van der Waals surface area contributed by atoms with Crippen molar-refractivity contribution in [1.82, 2.24) is 15.4 Å². The normalized spacial score (nSPS) is 10.4. The summed E-state index contributed by atoms with van der Waals surface area (Å²) in [5.41, 5.74) is 1.34. The van der Waals surface area contributed by atoms with Crippen LogP contribution in [-0.2, 0) is 4.74 Å². The minimum atomic E-state index is -0.496. The first kappa shape index (κ1) is 15.0. The van der Waals surface area contributed by atoms with Crippen molar-refractivity contribution in [1.29, 1.82) is 0 Å². The SMILES string of the molecule is CCCCOc1ccccc1-c1n[nH]nc1C(=O)OCC. The molecule has 6 nitrogen and oxygen atoms in total. The first-order valence-electron chi connectivity index (χ1n) is 7.08. The van der Waals surface area contributed by atoms with Crippen LogP contribution in [0.3, 0.4) is 0 Å². The maximum Gasteiger partial charge on any atom is 0.361 e. The van der Waals surface area contributed by atoms with Crippen LogP contribution in [0, 0.1) is 0 Å². The third-order valence-electron chi connectivity index (χ3n) is 2.91. The standard InChI is InChI=1S/C15H19N3O3/c1-3-5-10-21-12-9-7-6-8-11(12)13-14(17-18-16-13)15(19)20-4-2/h6-9H,3-5,10H2,1-2H3,(H,16,17,18). The molecule has 0 atom stereocenters. The fourth-order valence-corrected chi connectivity index (χ4v) is 1.88. The monoisotopic (exact) mass is 289 g/mol. The predicted octanol–water partition coefficient (Wildman–Crippen LogP) is 2.83. The van der Waals surface area contributed by atoms with Gasteiger partial charge in [0.1, 0.15) is 11.4 Å². The van der Waals surface area contributed by atoms with Gasteiger partial charge in [-0.3, -0.25) is 0 Å². The van der Waals surface area contributed by atoms with Crippen molar-refractivity contribution in [3.63, 3.8) is 0 Å². The Hall–Kier alpha value is -2.37. The summed E-state index contributed by atoms with van der Waals surface area (Å²) in [5.74, 6) is 0.190. The van der Waals surface area contributed by atoms with E-state index in [9.17, 15) is 4.79 Å². The molecule has 1 aromatic carbocycles. The maximum absolute atomic E-state index is 11.9. The number of H-pyrrole nitrogens is 1. The number of para-hydroxylation sites is 1. The van der Waals surface area contributed by atoms with Crippen molar-refractivity contribution >= 4 is 5.97 Å². The molecule has 2 rings (SSSR count). The Morgan fingerprint density at radius 3 is 2.81 bits per heavy atom. The molecule has 0 unspecified atom stereocenters. The van der Waals surface area contributed by atoms with Crippen LogP contribution in [0.4, 0.5) is 0 Å². The number of aromatic amines is 1. The summed E-state index contributed by atoms with van der Waals surface area (Å²) in [5, 5.41) is 10.4. The number of hydrogen-bond acceptors (Lipinski definition) is 5. The molecule has 1 heterocycles. The van der Waals surface area contributed by atoms with Crippen LogP contribution in [-0.4, -0.2) is 34.6 Å². The van der Waals surface area contributed by atoms with E-state index in [2.05, 4.69) is 22.3 Å². The van der Waals surface area contributed by atoms with E-state index in [1.165, 1.54) is 0 Å². The molecule has 21 heavy (non-hydrogen) atoms. The van der Waals surface area contributed by atoms with Gasteiger partial charge in [-0.2, -0.15) is 10.3 Å². The quantitative estimate of drug-likeness (QED) is 0.626. The average molecular weight is 289 g/mol. The third-order valence-corrected chi connectivity index (χ3v) is 2.91. The number of hydrogen-bond donors (Lipinski definition) is 1. The summed E-state index contributed by atoms with van der Waals surface area (Å²) in [6.45, 7) is 4.77. The highest BCUT2D eigenvalue weighted by Crippen LogP contribution is 2.30. The molecule has 2 aromatic rings. The molecule has 112 valence electrons. The number of rotatable bonds is 7. The fourth-order valence-electron chi connectivity index (χ4n) is 1.88. The number of benzene rings is 1. The number of ether oxygens (including phenoxy) is 2. The van der Waals surface area contributed by atoms with E-state index in [0.717, 1.165) is 18.4 Å². The van der Waals surface area contributed by atoms with Gasteiger partial charge in [-0.1, -0.05) is 25.5 Å². The zero-order chi connectivity index (χ0) is 15.1. The van der Waals surface area contributed by atoms with Crippen molar-refractivity contribution in [3.8, 4) is 17.0 Å². The number of carbonyl (C=O) groups excluding carboxylic acids is 1. The number of nitrogens with zero attached hydrogens (tertiary/aromatic N) is 2. The lowest BCUT2D eigenvalue weighted by Gasteiger charge is -2.10. The highest BCUT2D eigenvalue weighted by Gasteiger charge is 2.21. The molecule has 0 aliphatic rings. The third kappa shape index (κ3) is 3.59. The van der Waals surface area contributed by atoms with E-state index in [4.69, 9.17) is 9.47 Å². The van der Waals surface area contributed by atoms with Crippen LogP contribution in [0.1, 0.15) is 37.2 Å². The lowest BCUT2D eigenvalue weighted by Crippen LogP contribution is -2.07. The van der Waals surface area contributed by atoms with Gasteiger partial charge in [-0.15, -0.1) is 5.10 Å². The van der Waals surface area contributed by atoms with Gasteiger partial charge in [0, 0.05) is 5.56 Å². The molecule has 0 saturated heterocycles. The van der Waals surface area contributed by atoms with Gasteiger partial charge in [0.05, 0.1) is 13.2 Å². The summed E-state index contributed by atoms with van der Waals surface area (Å²) < 4.78 is 10.7. The molecule has 1 N–H and O–H groups in total. The van der Waals surface area contributed by atoms with E-state index in [1.807, 2.05) is 24.3 Å². The van der Waals surface area contributed by atoms with E-state index in [0.29, 0.717) is 24.7 Å². The van der Waals surface area contributed by atoms with Crippen LogP contribution in [0.5, 0.6) is 5.75 Å². The van der Waals surface area contributed by atoms with Crippen LogP contribution < -0.4 is 4.74 Å². The van der Waals surface area contributed by atoms with Crippen molar-refractivity contribution in [3.05, 3.63) is 30.0 Å². The smallest absolute Gasteiger partial charge is 0.361 e. The second-order valence-electron chi connectivity index (χ2n) is 4.44. The van der Waals surface area contributed by atoms with E-state index >= 15 is 0 Å². The summed E-state index contributed by atoms with van der Waals surface area (Å²) in [6, 6.07) is 7.46. The zero-order valence-corrected chi connectivity index (χ0v) is 12.3. The molecular formula is C15H19N3O3. The Balaban J connectivity index is 2.30. The molecular weight excluding hydrogens is 270 g/mol. The van der Waals surface area contributed by atoms with Crippen LogP contribution in [0.2, 0.25) is 0 Å². The molecule has 0 aliphatic carbocycles. The second kappa shape index (κ2) is 7.42.